The lowest BCUT2D eigenvalue weighted by Gasteiger charge is -2.24. The van der Waals surface area contributed by atoms with Gasteiger partial charge in [-0.2, -0.15) is 0 Å². The van der Waals surface area contributed by atoms with E-state index in [4.69, 9.17) is 0 Å². The molecule has 0 aromatic carbocycles. The molecule has 0 fully saturated rings. The van der Waals surface area contributed by atoms with Crippen molar-refractivity contribution in [1.82, 2.24) is 0 Å². The van der Waals surface area contributed by atoms with Crippen LogP contribution in [0, 0.1) is 5.41 Å². The fourth-order valence-corrected chi connectivity index (χ4v) is 2.91. The van der Waals surface area contributed by atoms with Gasteiger partial charge in [0.05, 0.1) is 0 Å². The van der Waals surface area contributed by atoms with Crippen LogP contribution in [0.15, 0.2) is 12.7 Å². The van der Waals surface area contributed by atoms with E-state index < -0.39 is 0 Å². The summed E-state index contributed by atoms with van der Waals surface area (Å²) in [6.45, 7) is 11.0. The van der Waals surface area contributed by atoms with E-state index in [0.717, 1.165) is 0 Å². The Kier molecular flexibility index (Phi) is 13.5. The van der Waals surface area contributed by atoms with Crippen LogP contribution >= 0.6 is 0 Å². The van der Waals surface area contributed by atoms with E-state index in [1.165, 1.54) is 89.9 Å². The molecule has 0 heterocycles. The van der Waals surface area contributed by atoms with Gasteiger partial charge in [-0.25, -0.2) is 0 Å². The number of unbranched alkanes of at least 4 members (excludes halogenated alkanes) is 10. The van der Waals surface area contributed by atoms with Crippen molar-refractivity contribution in [2.24, 2.45) is 5.41 Å². The van der Waals surface area contributed by atoms with Crippen LogP contribution in [0.3, 0.4) is 0 Å². The lowest BCUT2D eigenvalue weighted by atomic mass is 9.82. The Labute approximate surface area is 129 Å². The highest BCUT2D eigenvalue weighted by Gasteiger charge is 2.15. The monoisotopic (exact) mass is 280 g/mol. The molecule has 0 nitrogen and oxygen atoms in total. The largest absolute Gasteiger partial charge is 0.103 e. The summed E-state index contributed by atoms with van der Waals surface area (Å²) in [6.07, 6.45) is 21.7. The Morgan fingerprint density at radius 3 is 1.65 bits per heavy atom. The maximum absolute atomic E-state index is 3.77. The molecule has 0 aliphatic carbocycles. The summed E-state index contributed by atoms with van der Waals surface area (Å²) in [5, 5.41) is 0. The topological polar surface area (TPSA) is 0 Å². The first-order chi connectivity index (χ1) is 9.62. The normalized spacial score (nSPS) is 11.8. The van der Waals surface area contributed by atoms with E-state index in [9.17, 15) is 0 Å². The van der Waals surface area contributed by atoms with Gasteiger partial charge >= 0.3 is 0 Å². The molecule has 0 rings (SSSR count). The van der Waals surface area contributed by atoms with Gasteiger partial charge in [-0.15, -0.1) is 6.58 Å². The van der Waals surface area contributed by atoms with Gasteiger partial charge in [-0.05, 0) is 31.1 Å². The molecular formula is C20H40. The van der Waals surface area contributed by atoms with Crippen LogP contribution in [0.4, 0.5) is 0 Å². The highest BCUT2D eigenvalue weighted by molar-refractivity contribution is 4.68. The molecule has 0 spiro atoms. The fraction of sp³-hybridized carbons (Fsp3) is 0.900. The predicted molar refractivity (Wildman–Crippen MR) is 94.3 cm³/mol. The number of rotatable bonds is 15. The molecular weight excluding hydrogens is 240 g/mol. The summed E-state index contributed by atoms with van der Waals surface area (Å²) in [7, 11) is 0. The first-order valence-electron chi connectivity index (χ1n) is 9.23. The van der Waals surface area contributed by atoms with Crippen molar-refractivity contribution in [2.45, 2.75) is 111 Å². The summed E-state index contributed by atoms with van der Waals surface area (Å²) in [4.78, 5) is 0. The Morgan fingerprint density at radius 1 is 0.700 bits per heavy atom. The second-order valence-electron chi connectivity index (χ2n) is 7.28. The third kappa shape index (κ3) is 14.2. The summed E-state index contributed by atoms with van der Waals surface area (Å²) in [5.41, 5.74) is 0.584. The van der Waals surface area contributed by atoms with Crippen molar-refractivity contribution < 1.29 is 0 Å². The van der Waals surface area contributed by atoms with Crippen LogP contribution < -0.4 is 0 Å². The van der Waals surface area contributed by atoms with Gasteiger partial charge in [0.2, 0.25) is 0 Å². The standard InChI is InChI=1S/C20H40/c1-5-7-9-10-11-12-13-14-15-16-17-19-20(3,4)18-8-6-2/h5H,1,6-19H2,2-4H3. The van der Waals surface area contributed by atoms with E-state index in [-0.39, 0.29) is 0 Å². The van der Waals surface area contributed by atoms with Gasteiger partial charge in [0.25, 0.3) is 0 Å². The summed E-state index contributed by atoms with van der Waals surface area (Å²) in [5.74, 6) is 0. The van der Waals surface area contributed by atoms with E-state index >= 15 is 0 Å². The molecule has 0 bridgehead atoms. The van der Waals surface area contributed by atoms with Crippen molar-refractivity contribution in [3.05, 3.63) is 12.7 Å². The molecule has 0 saturated heterocycles. The van der Waals surface area contributed by atoms with Crippen LogP contribution in [-0.2, 0) is 0 Å². The first-order valence-corrected chi connectivity index (χ1v) is 9.23. The highest BCUT2D eigenvalue weighted by Crippen LogP contribution is 2.29. The van der Waals surface area contributed by atoms with Gasteiger partial charge in [0, 0.05) is 0 Å². The molecule has 0 aliphatic heterocycles. The lowest BCUT2D eigenvalue weighted by molar-refractivity contribution is 0.285. The maximum atomic E-state index is 3.77. The van der Waals surface area contributed by atoms with Gasteiger partial charge in [0.1, 0.15) is 0 Å². The molecule has 0 aliphatic rings. The minimum absolute atomic E-state index is 0.584. The van der Waals surface area contributed by atoms with Crippen LogP contribution in [0.2, 0.25) is 0 Å². The Morgan fingerprint density at radius 2 is 1.15 bits per heavy atom. The second kappa shape index (κ2) is 13.7. The molecule has 0 aromatic heterocycles. The molecule has 120 valence electrons. The second-order valence-corrected chi connectivity index (χ2v) is 7.28. The minimum Gasteiger partial charge on any atom is -0.103 e. The van der Waals surface area contributed by atoms with Crippen LogP contribution in [0.5, 0.6) is 0 Å². The summed E-state index contributed by atoms with van der Waals surface area (Å²) in [6, 6.07) is 0. The molecule has 0 atom stereocenters. The number of hydrogen-bond donors (Lipinski definition) is 0. The van der Waals surface area contributed by atoms with Crippen molar-refractivity contribution in [3.8, 4) is 0 Å². The lowest BCUT2D eigenvalue weighted by Crippen LogP contribution is -2.10. The number of allylic oxidation sites excluding steroid dienone is 1. The molecule has 0 radical (unpaired) electrons. The van der Waals surface area contributed by atoms with E-state index in [2.05, 4.69) is 27.4 Å². The van der Waals surface area contributed by atoms with E-state index in [1.807, 2.05) is 6.08 Å². The maximum Gasteiger partial charge on any atom is -0.0353 e. The van der Waals surface area contributed by atoms with Gasteiger partial charge < -0.3 is 0 Å². The third-order valence-electron chi connectivity index (χ3n) is 4.47. The molecule has 0 unspecified atom stereocenters. The quantitative estimate of drug-likeness (QED) is 0.213. The third-order valence-corrected chi connectivity index (χ3v) is 4.47. The zero-order valence-electron chi connectivity index (χ0n) is 14.7. The number of hydrogen-bond acceptors (Lipinski definition) is 0. The van der Waals surface area contributed by atoms with Crippen LogP contribution in [-0.4, -0.2) is 0 Å². The highest BCUT2D eigenvalue weighted by atomic mass is 14.2. The predicted octanol–water partition coefficient (Wildman–Crippen LogP) is 7.68. The Bertz CT molecular complexity index is 202. The van der Waals surface area contributed by atoms with Crippen molar-refractivity contribution >= 4 is 0 Å². The summed E-state index contributed by atoms with van der Waals surface area (Å²) < 4.78 is 0. The molecule has 0 heteroatoms. The average Bonchev–Trinajstić information content (AvgIpc) is 2.42. The van der Waals surface area contributed by atoms with Gasteiger partial charge in [-0.3, -0.25) is 0 Å². The molecule has 0 N–H and O–H groups in total. The van der Waals surface area contributed by atoms with Gasteiger partial charge in [0.15, 0.2) is 0 Å². The van der Waals surface area contributed by atoms with Crippen molar-refractivity contribution in [3.63, 3.8) is 0 Å². The first kappa shape index (κ1) is 19.7. The smallest absolute Gasteiger partial charge is 0.0353 e. The Balaban J connectivity index is 3.21. The summed E-state index contributed by atoms with van der Waals surface area (Å²) >= 11 is 0. The zero-order valence-corrected chi connectivity index (χ0v) is 14.7. The van der Waals surface area contributed by atoms with Crippen molar-refractivity contribution in [1.29, 1.82) is 0 Å². The fourth-order valence-electron chi connectivity index (χ4n) is 2.91. The van der Waals surface area contributed by atoms with Crippen molar-refractivity contribution in [2.75, 3.05) is 0 Å². The molecule has 0 amide bonds. The minimum atomic E-state index is 0.584. The SMILES string of the molecule is C=CCCCCCCCCCCCC(C)(C)CCCC. The van der Waals surface area contributed by atoms with Gasteiger partial charge in [-0.1, -0.05) is 91.1 Å². The molecule has 20 heavy (non-hydrogen) atoms. The van der Waals surface area contributed by atoms with E-state index in [1.54, 1.807) is 0 Å². The van der Waals surface area contributed by atoms with Crippen LogP contribution in [0.1, 0.15) is 111 Å². The zero-order chi connectivity index (χ0) is 15.1. The Hall–Kier alpha value is -0.260. The van der Waals surface area contributed by atoms with Crippen LogP contribution in [0.25, 0.3) is 0 Å². The molecule has 0 aromatic rings. The average molecular weight is 281 g/mol. The molecule has 0 saturated carbocycles. The van der Waals surface area contributed by atoms with E-state index in [0.29, 0.717) is 5.41 Å².